The zero-order valence-electron chi connectivity index (χ0n) is 39.3. The predicted molar refractivity (Wildman–Crippen MR) is 283 cm³/mol. The van der Waals surface area contributed by atoms with Crippen LogP contribution in [0.4, 0.5) is 60.5 Å². The maximum Gasteiger partial charge on any atom is 0.307 e. The van der Waals surface area contributed by atoms with Crippen molar-refractivity contribution in [3.05, 3.63) is 193 Å². The highest BCUT2D eigenvalue weighted by Crippen LogP contribution is 2.35. The van der Waals surface area contributed by atoms with Gasteiger partial charge in [-0.15, -0.1) is 0 Å². The number of aromatic nitrogens is 6. The molecule has 0 aliphatic rings. The molecule has 0 atom stereocenters. The first-order valence-electron chi connectivity index (χ1n) is 21.1. The molecule has 0 saturated heterocycles. The standard InChI is InChI=1S/C23H18ClFN6O4.C16H12Cl2N4O.C7H7FN2O3.CH4O3S/c1-34-21-11-17(25)19(31(32)33)12-18(21)29-23-27-9-7-22(30-23)28-14-5-6-20(16(24)10-14)35-13-15-4-2-3-8-26-15;17-13-9-11(21-15-6-8-20-16(18)22-15)4-5-14(13)23-10-12-3-1-2-7-19-12;1-13-7-2-4(8)6(10(11)12)3-5(7)9;1-5(2,3)4/h2-12H,13H2,1H3,(H2,27,28,29,30);1-9H,10H2,(H,20,21,22);2-3H,9H2,1H3;1H2,(H2,2,3,4). The first kappa shape index (κ1) is 58.1. The highest BCUT2D eigenvalue weighted by molar-refractivity contribution is 7.89. The lowest BCUT2D eigenvalue weighted by molar-refractivity contribution is -0.387. The van der Waals surface area contributed by atoms with Gasteiger partial charge in [0.15, 0.2) is 10.1 Å². The van der Waals surface area contributed by atoms with Crippen molar-refractivity contribution in [3.63, 3.8) is 0 Å². The summed E-state index contributed by atoms with van der Waals surface area (Å²) in [5.41, 5.74) is 7.17. The van der Waals surface area contributed by atoms with E-state index in [9.17, 15) is 33.2 Å². The van der Waals surface area contributed by atoms with Crippen LogP contribution in [0, 0.1) is 31.9 Å². The number of methoxy groups -OCH3 is 2. The molecule has 0 aliphatic heterocycles. The van der Waals surface area contributed by atoms with Crippen LogP contribution in [0.3, 0.4) is 0 Å². The fraction of sp³-hybridized carbons (Fsp3) is 0.0851. The van der Waals surface area contributed by atoms with Gasteiger partial charge >= 0.3 is 11.4 Å². The maximum atomic E-state index is 13.9. The number of nitrogen functional groups attached to an aromatic ring is 1. The van der Waals surface area contributed by atoms with Gasteiger partial charge < -0.3 is 40.6 Å². The van der Waals surface area contributed by atoms with E-state index in [1.807, 2.05) is 42.5 Å². The number of anilines is 7. The van der Waals surface area contributed by atoms with Crippen LogP contribution in [0.5, 0.6) is 23.0 Å². The van der Waals surface area contributed by atoms with Gasteiger partial charge in [-0.3, -0.25) is 39.3 Å². The molecule has 4 aromatic carbocycles. The van der Waals surface area contributed by atoms with Crippen molar-refractivity contribution in [1.29, 1.82) is 0 Å². The Kier molecular flexibility index (Phi) is 21.4. The van der Waals surface area contributed by atoms with E-state index in [1.165, 1.54) is 20.4 Å². The minimum absolute atomic E-state index is 0.0376. The molecule has 0 aliphatic carbocycles. The van der Waals surface area contributed by atoms with E-state index in [0.29, 0.717) is 45.5 Å². The topological polar surface area (TPSA) is 320 Å². The molecule has 0 radical (unpaired) electrons. The first-order valence-corrected chi connectivity index (χ1v) is 23.9. The molecular formula is C47H41Cl3F2N12O11S. The minimum Gasteiger partial charge on any atom is -0.494 e. The van der Waals surface area contributed by atoms with Crippen LogP contribution >= 0.6 is 34.8 Å². The zero-order valence-corrected chi connectivity index (χ0v) is 42.4. The number of nitro groups is 2. The number of nitrogens with two attached hydrogens (primary N) is 1. The first-order chi connectivity index (χ1) is 36.2. The molecule has 0 amide bonds. The monoisotopic (exact) mass is 1120 g/mol. The summed E-state index contributed by atoms with van der Waals surface area (Å²) in [4.78, 5) is 44.4. The van der Waals surface area contributed by atoms with Gasteiger partial charge in [-0.1, -0.05) is 35.3 Å². The average molecular weight is 1130 g/mol. The van der Waals surface area contributed by atoms with Gasteiger partial charge in [0.1, 0.15) is 47.8 Å². The van der Waals surface area contributed by atoms with Crippen molar-refractivity contribution >= 4 is 102 Å². The molecule has 0 spiro atoms. The smallest absolute Gasteiger partial charge is 0.307 e. The molecule has 76 heavy (non-hydrogen) atoms. The minimum atomic E-state index is -3.67. The summed E-state index contributed by atoms with van der Waals surface area (Å²) in [6.07, 6.45) is 6.46. The summed E-state index contributed by atoms with van der Waals surface area (Å²) in [5.74, 6) is 2.77. The van der Waals surface area contributed by atoms with Crippen LogP contribution in [0.2, 0.25) is 15.3 Å². The maximum absolute atomic E-state index is 13.9. The van der Waals surface area contributed by atoms with Gasteiger partial charge in [0, 0.05) is 66.3 Å². The number of nitrogens with one attached hydrogen (secondary N) is 3. The van der Waals surface area contributed by atoms with Gasteiger partial charge in [-0.25, -0.2) is 19.2 Å². The second-order valence-corrected chi connectivity index (χ2v) is 16.9. The Bertz CT molecular complexity index is 3380. The molecule has 0 saturated carbocycles. The Morgan fingerprint density at radius 3 is 1.55 bits per heavy atom. The summed E-state index contributed by atoms with van der Waals surface area (Å²) in [6.45, 7) is 0.633. The Balaban J connectivity index is 0.000000221. The quantitative estimate of drug-likeness (QED) is 0.0172. The fourth-order valence-electron chi connectivity index (χ4n) is 5.80. The van der Waals surface area contributed by atoms with Crippen LogP contribution in [-0.2, 0) is 23.3 Å². The van der Waals surface area contributed by atoms with E-state index in [4.69, 9.17) is 63.9 Å². The summed E-state index contributed by atoms with van der Waals surface area (Å²) in [7, 11) is -1.05. The molecule has 8 aromatic rings. The second-order valence-electron chi connectivity index (χ2n) is 14.5. The molecule has 8 rings (SSSR count). The van der Waals surface area contributed by atoms with Gasteiger partial charge in [0.25, 0.3) is 0 Å². The zero-order chi connectivity index (χ0) is 55.4. The number of halogens is 5. The van der Waals surface area contributed by atoms with Crippen molar-refractivity contribution < 1.29 is 50.9 Å². The van der Waals surface area contributed by atoms with E-state index < -0.39 is 42.9 Å². The van der Waals surface area contributed by atoms with Crippen molar-refractivity contribution in [1.82, 2.24) is 29.9 Å². The van der Waals surface area contributed by atoms with Gasteiger partial charge in [0.2, 0.25) is 22.9 Å². The fourth-order valence-corrected chi connectivity index (χ4v) is 6.42. The molecule has 396 valence electrons. The SMILES string of the molecule is C=S(=O)(O)O.COc1cc(F)c([N+](=O)[O-])cc1N.COc1cc(F)c([N+](=O)[O-])cc1Nc1nccc(Nc2ccc(OCc3ccccn3)c(Cl)c2)n1.Clc1nccc(Nc2ccc(OCc3ccccn3)c(Cl)c2)n1. The number of ether oxygens (including phenoxy) is 4. The van der Waals surface area contributed by atoms with E-state index in [0.717, 1.165) is 41.3 Å². The van der Waals surface area contributed by atoms with Gasteiger partial charge in [-0.05, 0) is 84.4 Å². The van der Waals surface area contributed by atoms with Crippen LogP contribution < -0.4 is 40.6 Å². The molecule has 29 heteroatoms. The van der Waals surface area contributed by atoms with Crippen LogP contribution in [0.1, 0.15) is 11.4 Å². The Morgan fingerprint density at radius 2 is 1.11 bits per heavy atom. The molecule has 23 nitrogen and oxygen atoms in total. The predicted octanol–water partition coefficient (Wildman–Crippen LogP) is 11.1. The summed E-state index contributed by atoms with van der Waals surface area (Å²) in [6, 6.07) is 28.8. The molecular weight excluding hydrogens is 1090 g/mol. The third-order valence-corrected chi connectivity index (χ3v) is 9.87. The van der Waals surface area contributed by atoms with Crippen LogP contribution in [0.25, 0.3) is 0 Å². The third-order valence-electron chi connectivity index (χ3n) is 9.10. The van der Waals surface area contributed by atoms with E-state index >= 15 is 0 Å². The van der Waals surface area contributed by atoms with E-state index in [-0.39, 0.29) is 40.7 Å². The molecule has 0 bridgehead atoms. The molecule has 7 N–H and O–H groups in total. The van der Waals surface area contributed by atoms with Gasteiger partial charge in [0.05, 0.1) is 56.9 Å². The number of benzene rings is 4. The lowest BCUT2D eigenvalue weighted by Gasteiger charge is -2.12. The molecule has 4 aromatic heterocycles. The number of nitro benzene ring substituents is 2. The Hall–Kier alpha value is -8.79. The lowest BCUT2D eigenvalue weighted by atomic mass is 10.2. The number of pyridine rings is 2. The van der Waals surface area contributed by atoms with Gasteiger partial charge in [-0.2, -0.15) is 13.8 Å². The number of rotatable bonds is 16. The lowest BCUT2D eigenvalue weighted by Crippen LogP contribution is -2.03. The second kappa shape index (κ2) is 28.0. The highest BCUT2D eigenvalue weighted by atomic mass is 35.5. The third kappa shape index (κ3) is 18.9. The van der Waals surface area contributed by atoms with E-state index in [1.54, 1.807) is 61.1 Å². The van der Waals surface area contributed by atoms with Crippen LogP contribution in [-0.4, -0.2) is 73.2 Å². The van der Waals surface area contributed by atoms with E-state index in [2.05, 4.69) is 56.5 Å². The molecule has 0 unspecified atom stereocenters. The summed E-state index contributed by atoms with van der Waals surface area (Å²) < 4.78 is 72.1. The number of hydrogen-bond acceptors (Lipinski definition) is 19. The molecule has 0 fully saturated rings. The molecule has 4 heterocycles. The van der Waals surface area contributed by atoms with Crippen molar-refractivity contribution in [3.8, 4) is 23.0 Å². The Morgan fingerprint density at radius 1 is 0.632 bits per heavy atom. The number of nitrogens with zero attached hydrogens (tertiary/aromatic N) is 8. The average Bonchev–Trinajstić information content (AvgIpc) is 3.37. The Labute approximate surface area is 446 Å². The largest absolute Gasteiger partial charge is 0.494 e. The summed E-state index contributed by atoms with van der Waals surface area (Å²) in [5, 5.41) is 31.4. The highest BCUT2D eigenvalue weighted by Gasteiger charge is 2.20. The number of hydrogen-bond donors (Lipinski definition) is 6. The normalized spacial score (nSPS) is 10.4. The van der Waals surface area contributed by atoms with Crippen molar-refractivity contribution in [2.45, 2.75) is 13.2 Å². The van der Waals surface area contributed by atoms with Crippen LogP contribution in [0.15, 0.2) is 134 Å². The van der Waals surface area contributed by atoms with Crippen molar-refractivity contribution in [2.24, 2.45) is 0 Å². The van der Waals surface area contributed by atoms with Crippen molar-refractivity contribution in [2.75, 3.05) is 35.9 Å². The summed E-state index contributed by atoms with van der Waals surface area (Å²) >= 11 is 18.4.